The van der Waals surface area contributed by atoms with Crippen molar-refractivity contribution in [3.63, 3.8) is 0 Å². The van der Waals surface area contributed by atoms with E-state index in [2.05, 4.69) is 4.98 Å². The van der Waals surface area contributed by atoms with Gasteiger partial charge >= 0.3 is 6.01 Å². The Morgan fingerprint density at radius 1 is 1.43 bits per heavy atom. The van der Waals surface area contributed by atoms with Crippen molar-refractivity contribution in [2.45, 2.75) is 57.4 Å². The number of benzene rings is 1. The minimum Gasteiger partial charge on any atom is -0.708 e. The summed E-state index contributed by atoms with van der Waals surface area (Å²) in [6.07, 6.45) is 5.54. The molecule has 0 spiro atoms. The van der Waals surface area contributed by atoms with E-state index in [0.29, 0.717) is 4.73 Å². The monoisotopic (exact) mass is 387 g/mol. The molecule has 28 heavy (non-hydrogen) atoms. The van der Waals surface area contributed by atoms with Crippen LogP contribution in [0.4, 0.5) is 4.39 Å². The van der Waals surface area contributed by atoms with Gasteiger partial charge in [-0.2, -0.15) is 0 Å². The Labute approximate surface area is 162 Å². The molecule has 3 atom stereocenters. The largest absolute Gasteiger partial charge is 0.708 e. The normalized spacial score (nSPS) is 23.2. The molecule has 0 N–H and O–H groups in total. The van der Waals surface area contributed by atoms with Gasteiger partial charge in [-0.15, -0.1) is 0 Å². The number of amides is 1. The highest BCUT2D eigenvalue weighted by Crippen LogP contribution is 2.39. The molecule has 148 valence electrons. The van der Waals surface area contributed by atoms with E-state index >= 15 is 0 Å². The number of aromatic nitrogens is 2. The quantitative estimate of drug-likeness (QED) is 0.582. The molecule has 1 amide bonds. The van der Waals surface area contributed by atoms with E-state index in [-0.39, 0.29) is 47.5 Å². The van der Waals surface area contributed by atoms with Crippen molar-refractivity contribution in [1.29, 1.82) is 0 Å². The van der Waals surface area contributed by atoms with Gasteiger partial charge in [0.2, 0.25) is 0 Å². The van der Waals surface area contributed by atoms with E-state index in [4.69, 9.17) is 9.47 Å². The Morgan fingerprint density at radius 2 is 2.25 bits per heavy atom. The lowest BCUT2D eigenvalue weighted by Gasteiger charge is -2.36. The van der Waals surface area contributed by atoms with Crippen LogP contribution in [0.1, 0.15) is 43.5 Å². The average Bonchev–Trinajstić information content (AvgIpc) is 3.28. The molecule has 4 rings (SSSR count). The molecule has 0 saturated carbocycles. The summed E-state index contributed by atoms with van der Waals surface area (Å²) in [6, 6.07) is 4.74. The summed E-state index contributed by atoms with van der Waals surface area (Å²) in [6.45, 7) is 3.85. The lowest BCUT2D eigenvalue weighted by atomic mass is 9.92. The van der Waals surface area contributed by atoms with E-state index in [1.165, 1.54) is 30.6 Å². The van der Waals surface area contributed by atoms with Crippen LogP contribution in [0.5, 0.6) is 11.8 Å². The first kappa shape index (κ1) is 18.6. The molecule has 1 aromatic heterocycles. The van der Waals surface area contributed by atoms with Crippen LogP contribution in [0.3, 0.4) is 0 Å². The molecular weight excluding hydrogens is 365 g/mol. The molecule has 2 saturated heterocycles. The molecule has 0 aliphatic carbocycles. The Bertz CT molecular complexity index is 892. The Morgan fingerprint density at radius 3 is 2.89 bits per heavy atom. The maximum absolute atomic E-state index is 14.0. The van der Waals surface area contributed by atoms with Crippen LogP contribution in [0.2, 0.25) is 0 Å². The van der Waals surface area contributed by atoms with Crippen LogP contribution < -0.4 is 9.47 Å². The molecule has 2 aliphatic rings. The zero-order valence-electron chi connectivity index (χ0n) is 15.7. The number of carbonyl (C=O) groups excluding carboxylic acids is 1. The zero-order chi connectivity index (χ0) is 19.8. The lowest BCUT2D eigenvalue weighted by molar-refractivity contribution is -0.614. The molecule has 0 radical (unpaired) electrons. The van der Waals surface area contributed by atoms with Gasteiger partial charge in [-0.3, -0.25) is 4.79 Å². The topological polar surface area (TPSA) is 78.6 Å². The van der Waals surface area contributed by atoms with Crippen LogP contribution in [-0.2, 0) is 4.74 Å². The maximum Gasteiger partial charge on any atom is 0.507 e. The molecule has 2 fully saturated rings. The fourth-order valence-electron chi connectivity index (χ4n) is 4.08. The van der Waals surface area contributed by atoms with Crippen molar-refractivity contribution in [2.75, 3.05) is 0 Å². The van der Waals surface area contributed by atoms with Crippen LogP contribution >= 0.6 is 0 Å². The van der Waals surface area contributed by atoms with Gasteiger partial charge in [0.15, 0.2) is 0 Å². The number of fused-ring (bicyclic) bond motifs is 2. The van der Waals surface area contributed by atoms with E-state index in [1.807, 2.05) is 13.8 Å². The molecule has 2 bridgehead atoms. The highest BCUT2D eigenvalue weighted by Gasteiger charge is 2.46. The Hall–Kier alpha value is -2.74. The SMILES string of the molecule is CC(C)N(C(=O)c1cc(F)ccc1Oc1nccc[n+]1[O-])[C@@H]1C[C@@H]2CC[C@H]1O2. The Balaban J connectivity index is 1.67. The number of hydrogen-bond acceptors (Lipinski definition) is 5. The van der Waals surface area contributed by atoms with Gasteiger partial charge in [0.25, 0.3) is 5.91 Å². The van der Waals surface area contributed by atoms with E-state index in [1.54, 1.807) is 4.90 Å². The summed E-state index contributed by atoms with van der Waals surface area (Å²) < 4.78 is 25.9. The number of nitrogens with zero attached hydrogens (tertiary/aromatic N) is 3. The fraction of sp³-hybridized carbons (Fsp3) is 0.450. The summed E-state index contributed by atoms with van der Waals surface area (Å²) >= 11 is 0. The molecular formula is C20H22FN3O4. The molecule has 0 unspecified atom stereocenters. The van der Waals surface area contributed by atoms with Crippen molar-refractivity contribution in [2.24, 2.45) is 0 Å². The van der Waals surface area contributed by atoms with Gasteiger partial charge in [0.05, 0.1) is 23.8 Å². The number of hydrogen-bond donors (Lipinski definition) is 0. The van der Waals surface area contributed by atoms with Gasteiger partial charge in [0, 0.05) is 12.1 Å². The van der Waals surface area contributed by atoms with Gasteiger partial charge < -0.3 is 19.6 Å². The van der Waals surface area contributed by atoms with E-state index in [0.717, 1.165) is 25.3 Å². The summed E-state index contributed by atoms with van der Waals surface area (Å²) in [7, 11) is 0. The molecule has 8 heteroatoms. The molecule has 1 aromatic carbocycles. The third kappa shape index (κ3) is 3.40. The fourth-order valence-corrected chi connectivity index (χ4v) is 4.08. The second kappa shape index (κ2) is 7.35. The minimum atomic E-state index is -0.556. The second-order valence-electron chi connectivity index (χ2n) is 7.45. The first-order chi connectivity index (χ1) is 13.4. The summed E-state index contributed by atoms with van der Waals surface area (Å²) in [4.78, 5) is 19.0. The molecule has 3 heterocycles. The number of carbonyl (C=O) groups is 1. The van der Waals surface area contributed by atoms with E-state index < -0.39 is 5.82 Å². The van der Waals surface area contributed by atoms with Crippen molar-refractivity contribution in [3.8, 4) is 11.8 Å². The Kier molecular flexibility index (Phi) is 4.89. The number of rotatable bonds is 5. The van der Waals surface area contributed by atoms with Crippen molar-refractivity contribution < 1.29 is 23.4 Å². The van der Waals surface area contributed by atoms with Gasteiger partial charge in [-0.25, -0.2) is 9.12 Å². The summed E-state index contributed by atoms with van der Waals surface area (Å²) in [5.74, 6) is -0.817. The third-order valence-electron chi connectivity index (χ3n) is 5.28. The highest BCUT2D eigenvalue weighted by atomic mass is 19.1. The maximum atomic E-state index is 14.0. The third-order valence-corrected chi connectivity index (χ3v) is 5.28. The van der Waals surface area contributed by atoms with Crippen LogP contribution in [0.25, 0.3) is 0 Å². The van der Waals surface area contributed by atoms with E-state index in [9.17, 15) is 14.4 Å². The van der Waals surface area contributed by atoms with Gasteiger partial charge in [-0.1, -0.05) is 0 Å². The molecule has 7 nitrogen and oxygen atoms in total. The van der Waals surface area contributed by atoms with Crippen molar-refractivity contribution in [3.05, 3.63) is 53.2 Å². The average molecular weight is 387 g/mol. The van der Waals surface area contributed by atoms with Gasteiger partial charge in [0.1, 0.15) is 24.0 Å². The predicted molar refractivity (Wildman–Crippen MR) is 97.3 cm³/mol. The van der Waals surface area contributed by atoms with Crippen LogP contribution in [0, 0.1) is 11.0 Å². The first-order valence-electron chi connectivity index (χ1n) is 9.43. The highest BCUT2D eigenvalue weighted by molar-refractivity contribution is 5.97. The van der Waals surface area contributed by atoms with Crippen LogP contribution in [-0.4, -0.2) is 40.1 Å². The zero-order valence-corrected chi connectivity index (χ0v) is 15.7. The second-order valence-corrected chi connectivity index (χ2v) is 7.45. The first-order valence-corrected chi connectivity index (χ1v) is 9.43. The predicted octanol–water partition coefficient (Wildman–Crippen LogP) is 2.82. The minimum absolute atomic E-state index is 0.00821. The van der Waals surface area contributed by atoms with Crippen molar-refractivity contribution in [1.82, 2.24) is 9.88 Å². The molecule has 2 aliphatic heterocycles. The van der Waals surface area contributed by atoms with Gasteiger partial charge in [-0.05, 0) is 56.3 Å². The van der Waals surface area contributed by atoms with Crippen LogP contribution in [0.15, 0.2) is 36.7 Å². The van der Waals surface area contributed by atoms with Crippen molar-refractivity contribution >= 4 is 5.91 Å². The summed E-state index contributed by atoms with van der Waals surface area (Å²) in [5, 5.41) is 11.9. The molecule has 2 aromatic rings. The number of ether oxygens (including phenoxy) is 2. The smallest absolute Gasteiger partial charge is 0.507 e. The lowest BCUT2D eigenvalue weighted by Crippen LogP contribution is -2.49. The summed E-state index contributed by atoms with van der Waals surface area (Å²) in [5.41, 5.74) is 0.0575. The standard InChI is InChI=1S/C20H22FN3O4/c1-12(2)24(16-11-14-5-7-18(16)27-14)19(25)15-10-13(21)4-6-17(15)28-20-22-8-3-9-23(20)26/h3-4,6,8-10,12,14,16,18H,5,7,11H2,1-2H3/t14-,16+,18+/m0/s1. The number of halogens is 1.